The molecule has 1 aromatic rings. The maximum Gasteiger partial charge on any atom is 0.410 e. The van der Waals surface area contributed by atoms with Gasteiger partial charge in [0.05, 0.1) is 0 Å². The molecule has 4 saturated carbocycles. The van der Waals surface area contributed by atoms with E-state index in [1.54, 1.807) is 4.90 Å². The van der Waals surface area contributed by atoms with Gasteiger partial charge in [0.1, 0.15) is 13.2 Å². The lowest BCUT2D eigenvalue weighted by Gasteiger charge is -2.60. The van der Waals surface area contributed by atoms with E-state index in [0.717, 1.165) is 23.3 Å². The molecule has 0 N–H and O–H groups in total. The SMILES string of the molecule is CC(N1CCN(C(=O)OCc2ccccc2)CC1=O)C12CC3CC(CC(C3)C1)C2. The van der Waals surface area contributed by atoms with Gasteiger partial charge in [0.2, 0.25) is 5.91 Å². The maximum atomic E-state index is 13.0. The number of benzene rings is 1. The van der Waals surface area contributed by atoms with Crippen molar-refractivity contribution in [2.45, 2.75) is 58.1 Å². The molecule has 1 heterocycles. The van der Waals surface area contributed by atoms with Crippen LogP contribution in [0.3, 0.4) is 0 Å². The third kappa shape index (κ3) is 3.53. The molecular formula is C24H32N2O3. The van der Waals surface area contributed by atoms with E-state index in [1.807, 2.05) is 30.3 Å². The highest BCUT2D eigenvalue weighted by Crippen LogP contribution is 2.62. The van der Waals surface area contributed by atoms with E-state index in [4.69, 9.17) is 4.74 Å². The molecule has 2 amide bonds. The van der Waals surface area contributed by atoms with E-state index >= 15 is 0 Å². The Morgan fingerprint density at radius 1 is 1.07 bits per heavy atom. The van der Waals surface area contributed by atoms with Crippen molar-refractivity contribution in [3.8, 4) is 0 Å². The Labute approximate surface area is 173 Å². The second-order valence-electron chi connectivity index (χ2n) is 10.0. The molecule has 6 rings (SSSR count). The van der Waals surface area contributed by atoms with Gasteiger partial charge >= 0.3 is 6.09 Å². The Morgan fingerprint density at radius 3 is 2.28 bits per heavy atom. The van der Waals surface area contributed by atoms with Crippen LogP contribution in [0.1, 0.15) is 51.0 Å². The minimum atomic E-state index is -0.385. The lowest BCUT2D eigenvalue weighted by molar-refractivity contribution is -0.150. The van der Waals surface area contributed by atoms with Crippen molar-refractivity contribution in [1.82, 2.24) is 9.80 Å². The van der Waals surface area contributed by atoms with Crippen molar-refractivity contribution in [2.24, 2.45) is 23.2 Å². The highest BCUT2D eigenvalue weighted by atomic mass is 16.6. The number of amides is 2. The first-order valence-electron chi connectivity index (χ1n) is 11.3. The van der Waals surface area contributed by atoms with Crippen LogP contribution < -0.4 is 0 Å². The average Bonchev–Trinajstić information content (AvgIpc) is 2.71. The van der Waals surface area contributed by atoms with Crippen LogP contribution in [0.4, 0.5) is 4.79 Å². The molecule has 0 aromatic heterocycles. The molecule has 29 heavy (non-hydrogen) atoms. The number of ether oxygens (including phenoxy) is 1. The minimum absolute atomic E-state index is 0.0798. The zero-order valence-electron chi connectivity index (χ0n) is 17.4. The summed E-state index contributed by atoms with van der Waals surface area (Å²) in [5.41, 5.74) is 1.28. The van der Waals surface area contributed by atoms with Crippen molar-refractivity contribution in [1.29, 1.82) is 0 Å². The van der Waals surface area contributed by atoms with Crippen LogP contribution in [-0.4, -0.2) is 47.5 Å². The van der Waals surface area contributed by atoms with Crippen molar-refractivity contribution < 1.29 is 14.3 Å². The number of piperazine rings is 1. The molecule has 5 heteroatoms. The monoisotopic (exact) mass is 396 g/mol. The second-order valence-corrected chi connectivity index (χ2v) is 10.0. The topological polar surface area (TPSA) is 49.9 Å². The summed E-state index contributed by atoms with van der Waals surface area (Å²) in [7, 11) is 0. The molecule has 4 bridgehead atoms. The van der Waals surface area contributed by atoms with E-state index in [2.05, 4.69) is 11.8 Å². The van der Waals surface area contributed by atoms with E-state index in [9.17, 15) is 9.59 Å². The maximum absolute atomic E-state index is 13.0. The normalized spacial score (nSPS) is 34.4. The Kier molecular flexibility index (Phi) is 4.79. The van der Waals surface area contributed by atoms with Gasteiger partial charge in [-0.15, -0.1) is 0 Å². The van der Waals surface area contributed by atoms with Crippen molar-refractivity contribution in [2.75, 3.05) is 19.6 Å². The fourth-order valence-electron chi connectivity index (χ4n) is 7.08. The molecule has 156 valence electrons. The highest BCUT2D eigenvalue weighted by Gasteiger charge is 2.55. The van der Waals surface area contributed by atoms with E-state index < -0.39 is 0 Å². The molecule has 5 aliphatic rings. The molecule has 0 spiro atoms. The lowest BCUT2D eigenvalue weighted by Crippen LogP contribution is -2.61. The van der Waals surface area contributed by atoms with E-state index in [-0.39, 0.29) is 31.2 Å². The summed E-state index contributed by atoms with van der Waals surface area (Å²) in [5, 5.41) is 0. The summed E-state index contributed by atoms with van der Waals surface area (Å²) in [5.74, 6) is 2.73. The Morgan fingerprint density at radius 2 is 1.69 bits per heavy atom. The van der Waals surface area contributed by atoms with Crippen LogP contribution in [0.5, 0.6) is 0 Å². The fraction of sp³-hybridized carbons (Fsp3) is 0.667. The van der Waals surface area contributed by atoms with Gasteiger partial charge in [-0.3, -0.25) is 9.69 Å². The molecule has 1 atom stereocenters. The van der Waals surface area contributed by atoms with Crippen molar-refractivity contribution in [3.63, 3.8) is 0 Å². The highest BCUT2D eigenvalue weighted by molar-refractivity contribution is 5.83. The predicted molar refractivity (Wildman–Crippen MR) is 110 cm³/mol. The number of hydrogen-bond donors (Lipinski definition) is 0. The molecule has 1 saturated heterocycles. The van der Waals surface area contributed by atoms with Gasteiger partial charge in [-0.1, -0.05) is 30.3 Å². The molecule has 4 aliphatic carbocycles. The predicted octanol–water partition coefficient (Wildman–Crippen LogP) is 4.07. The third-order valence-corrected chi connectivity index (χ3v) is 8.16. The van der Waals surface area contributed by atoms with Crippen molar-refractivity contribution in [3.05, 3.63) is 35.9 Å². The van der Waals surface area contributed by atoms with E-state index in [1.165, 1.54) is 38.5 Å². The summed E-state index contributed by atoms with van der Waals surface area (Å²) in [6, 6.07) is 9.95. The Balaban J connectivity index is 1.19. The molecule has 1 aliphatic heterocycles. The first-order chi connectivity index (χ1) is 14.0. The smallest absolute Gasteiger partial charge is 0.410 e. The molecule has 1 unspecified atom stereocenters. The van der Waals surface area contributed by atoms with Crippen LogP contribution in [0.2, 0.25) is 0 Å². The van der Waals surface area contributed by atoms with Gasteiger partial charge in [-0.25, -0.2) is 4.79 Å². The minimum Gasteiger partial charge on any atom is -0.445 e. The largest absolute Gasteiger partial charge is 0.445 e. The lowest BCUT2D eigenvalue weighted by atomic mass is 9.47. The zero-order valence-corrected chi connectivity index (χ0v) is 17.4. The zero-order chi connectivity index (χ0) is 20.0. The van der Waals surface area contributed by atoms with Gasteiger partial charge < -0.3 is 9.64 Å². The summed E-state index contributed by atoms with van der Waals surface area (Å²) in [6.45, 7) is 3.86. The summed E-state index contributed by atoms with van der Waals surface area (Å²) >= 11 is 0. The average molecular weight is 397 g/mol. The fourth-order valence-corrected chi connectivity index (χ4v) is 7.08. The Hall–Kier alpha value is -2.04. The number of rotatable bonds is 4. The number of hydrogen-bond acceptors (Lipinski definition) is 3. The van der Waals surface area contributed by atoms with Gasteiger partial charge in [0.25, 0.3) is 0 Å². The third-order valence-electron chi connectivity index (χ3n) is 8.16. The van der Waals surface area contributed by atoms with Crippen LogP contribution >= 0.6 is 0 Å². The van der Waals surface area contributed by atoms with Crippen LogP contribution in [0.15, 0.2) is 30.3 Å². The molecule has 1 aromatic carbocycles. The van der Waals surface area contributed by atoms with Crippen LogP contribution in [-0.2, 0) is 16.1 Å². The number of carbonyl (C=O) groups is 2. The number of nitrogens with zero attached hydrogens (tertiary/aromatic N) is 2. The standard InChI is InChI=1S/C24H32N2O3/c1-17(24-12-19-9-20(13-24)11-21(10-19)14-24)26-8-7-25(15-22(26)27)23(28)29-16-18-5-3-2-4-6-18/h2-6,17,19-21H,7-16H2,1H3. The quantitative estimate of drug-likeness (QED) is 0.771. The van der Waals surface area contributed by atoms with Crippen LogP contribution in [0, 0.1) is 23.2 Å². The van der Waals surface area contributed by atoms with Gasteiger partial charge in [-0.2, -0.15) is 0 Å². The van der Waals surface area contributed by atoms with Crippen molar-refractivity contribution >= 4 is 12.0 Å². The van der Waals surface area contributed by atoms with Gasteiger partial charge in [0, 0.05) is 19.1 Å². The van der Waals surface area contributed by atoms with Gasteiger partial charge in [-0.05, 0) is 74.2 Å². The number of carbonyl (C=O) groups excluding carboxylic acids is 2. The summed E-state index contributed by atoms with van der Waals surface area (Å²) in [6.07, 6.45) is 7.76. The van der Waals surface area contributed by atoms with E-state index in [0.29, 0.717) is 18.5 Å². The molecule has 0 radical (unpaired) electrons. The van der Waals surface area contributed by atoms with Crippen LogP contribution in [0.25, 0.3) is 0 Å². The van der Waals surface area contributed by atoms with Gasteiger partial charge in [0.15, 0.2) is 0 Å². The summed E-state index contributed by atoms with van der Waals surface area (Å²) in [4.78, 5) is 29.1. The molecular weight excluding hydrogens is 364 g/mol. The first-order valence-corrected chi connectivity index (χ1v) is 11.3. The first kappa shape index (κ1) is 19.0. The summed E-state index contributed by atoms with van der Waals surface area (Å²) < 4.78 is 5.43. The molecule has 5 fully saturated rings. The second kappa shape index (κ2) is 7.33. The molecule has 5 nitrogen and oxygen atoms in total. The Bertz CT molecular complexity index is 742.